The minimum absolute atomic E-state index is 0.0136. The molecule has 0 bridgehead atoms. The maximum Gasteiger partial charge on any atom is 0.242 e. The first-order valence-electron chi connectivity index (χ1n) is 8.98. The van der Waals surface area contributed by atoms with Crippen molar-refractivity contribution in [3.8, 4) is 0 Å². The van der Waals surface area contributed by atoms with E-state index in [1.54, 1.807) is 7.11 Å². The number of nitrogens with one attached hydrogen (secondary N) is 3. The van der Waals surface area contributed by atoms with Gasteiger partial charge in [0, 0.05) is 32.8 Å². The van der Waals surface area contributed by atoms with Crippen LogP contribution in [0.5, 0.6) is 0 Å². The maximum absolute atomic E-state index is 11.8. The van der Waals surface area contributed by atoms with Crippen molar-refractivity contribution < 1.29 is 9.53 Å². The van der Waals surface area contributed by atoms with Gasteiger partial charge < -0.3 is 20.7 Å². The number of carbonyl (C=O) groups is 1. The molecule has 1 amide bonds. The van der Waals surface area contributed by atoms with Crippen LogP contribution in [0.1, 0.15) is 51.9 Å². The molecule has 6 heteroatoms. The van der Waals surface area contributed by atoms with Crippen molar-refractivity contribution in [2.45, 2.75) is 57.9 Å². The molecule has 2 rings (SSSR count). The largest absolute Gasteiger partial charge is 0.385 e. The molecule has 0 aromatic heterocycles. The normalized spacial score (nSPS) is 20.3. The lowest BCUT2D eigenvalue weighted by atomic mass is 9.83. The molecule has 0 atom stereocenters. The number of ether oxygens (including phenoxy) is 1. The third kappa shape index (κ3) is 6.37. The quantitative estimate of drug-likeness (QED) is 0.443. The van der Waals surface area contributed by atoms with Crippen LogP contribution in [0, 0.1) is 5.41 Å². The van der Waals surface area contributed by atoms with E-state index in [0.29, 0.717) is 11.5 Å². The fraction of sp³-hybridized carbons (Fsp3) is 0.882. The molecule has 0 aromatic carbocycles. The van der Waals surface area contributed by atoms with E-state index < -0.39 is 0 Å². The fourth-order valence-corrected chi connectivity index (χ4v) is 3.22. The summed E-state index contributed by atoms with van der Waals surface area (Å²) < 4.78 is 5.28. The number of amides is 1. The third-order valence-electron chi connectivity index (χ3n) is 4.80. The number of methoxy groups -OCH3 is 1. The predicted molar refractivity (Wildman–Crippen MR) is 92.5 cm³/mol. The second-order valence-electron chi connectivity index (χ2n) is 6.84. The van der Waals surface area contributed by atoms with Crippen molar-refractivity contribution >= 4 is 11.9 Å². The molecule has 132 valence electrons. The van der Waals surface area contributed by atoms with Crippen LogP contribution in [0.4, 0.5) is 0 Å². The number of hydrogen-bond donors (Lipinski definition) is 3. The number of hydrogen-bond acceptors (Lipinski definition) is 3. The molecule has 0 aromatic rings. The van der Waals surface area contributed by atoms with Crippen LogP contribution >= 0.6 is 0 Å². The Labute approximate surface area is 139 Å². The van der Waals surface area contributed by atoms with Crippen LogP contribution in [-0.2, 0) is 9.53 Å². The van der Waals surface area contributed by atoms with Gasteiger partial charge in [0.05, 0.1) is 0 Å². The minimum atomic E-state index is 0.0136. The highest BCUT2D eigenvalue weighted by Gasteiger charge is 2.33. The molecule has 0 heterocycles. The Morgan fingerprint density at radius 3 is 2.61 bits per heavy atom. The van der Waals surface area contributed by atoms with Crippen molar-refractivity contribution in [2.24, 2.45) is 10.4 Å². The Kier molecular flexibility index (Phi) is 7.15. The van der Waals surface area contributed by atoms with E-state index in [-0.39, 0.29) is 12.5 Å². The van der Waals surface area contributed by atoms with E-state index >= 15 is 0 Å². The molecule has 3 N–H and O–H groups in total. The van der Waals surface area contributed by atoms with Crippen molar-refractivity contribution in [3.05, 3.63) is 0 Å². The second-order valence-corrected chi connectivity index (χ2v) is 6.84. The van der Waals surface area contributed by atoms with E-state index in [4.69, 9.17) is 4.74 Å². The molecule has 2 aliphatic rings. The number of carbonyl (C=O) groups excluding carboxylic acids is 1. The molecule has 2 aliphatic carbocycles. The van der Waals surface area contributed by atoms with Gasteiger partial charge in [0.2, 0.25) is 5.91 Å². The van der Waals surface area contributed by atoms with Gasteiger partial charge in [-0.15, -0.1) is 0 Å². The molecule has 2 saturated carbocycles. The SMILES string of the molecule is CCNC(=NCC(=O)NC1CC1)NCC1(CCOC)CCCC1. The topological polar surface area (TPSA) is 74.8 Å². The number of aliphatic imine (C=N–C) groups is 1. The van der Waals surface area contributed by atoms with Gasteiger partial charge in [-0.25, -0.2) is 4.99 Å². The van der Waals surface area contributed by atoms with Crippen molar-refractivity contribution in [3.63, 3.8) is 0 Å². The lowest BCUT2D eigenvalue weighted by molar-refractivity contribution is -0.119. The summed E-state index contributed by atoms with van der Waals surface area (Å²) >= 11 is 0. The summed E-state index contributed by atoms with van der Waals surface area (Å²) in [6.07, 6.45) is 8.37. The zero-order valence-electron chi connectivity index (χ0n) is 14.6. The van der Waals surface area contributed by atoms with Crippen molar-refractivity contribution in [1.82, 2.24) is 16.0 Å². The smallest absolute Gasteiger partial charge is 0.242 e. The molecule has 0 radical (unpaired) electrons. The van der Waals surface area contributed by atoms with E-state index in [1.165, 1.54) is 25.7 Å². The van der Waals surface area contributed by atoms with Gasteiger partial charge >= 0.3 is 0 Å². The Hall–Kier alpha value is -1.30. The van der Waals surface area contributed by atoms with Gasteiger partial charge in [0.15, 0.2) is 5.96 Å². The van der Waals surface area contributed by atoms with Gasteiger partial charge in [-0.1, -0.05) is 12.8 Å². The number of nitrogens with zero attached hydrogens (tertiary/aromatic N) is 1. The van der Waals surface area contributed by atoms with Crippen LogP contribution in [0.25, 0.3) is 0 Å². The van der Waals surface area contributed by atoms with E-state index in [9.17, 15) is 4.79 Å². The molecule has 23 heavy (non-hydrogen) atoms. The number of guanidine groups is 1. The van der Waals surface area contributed by atoms with Crippen LogP contribution in [0.2, 0.25) is 0 Å². The van der Waals surface area contributed by atoms with Crippen molar-refractivity contribution in [2.75, 3.05) is 33.4 Å². The first-order valence-corrected chi connectivity index (χ1v) is 8.98. The Morgan fingerprint density at radius 1 is 1.26 bits per heavy atom. The van der Waals surface area contributed by atoms with Crippen LogP contribution < -0.4 is 16.0 Å². The summed E-state index contributed by atoms with van der Waals surface area (Å²) in [4.78, 5) is 16.2. The van der Waals surface area contributed by atoms with Crippen LogP contribution in [0.3, 0.4) is 0 Å². The summed E-state index contributed by atoms with van der Waals surface area (Å²) in [7, 11) is 1.76. The van der Waals surface area contributed by atoms with Crippen LogP contribution in [-0.4, -0.2) is 51.3 Å². The lowest BCUT2D eigenvalue weighted by Gasteiger charge is -2.29. The Bertz CT molecular complexity index is 401. The van der Waals surface area contributed by atoms with Gasteiger partial charge in [-0.05, 0) is 44.4 Å². The highest BCUT2D eigenvalue weighted by Crippen LogP contribution is 2.40. The van der Waals surface area contributed by atoms with Gasteiger partial charge in [0.25, 0.3) is 0 Å². The summed E-state index contributed by atoms with van der Waals surface area (Å²) in [6, 6.07) is 0.393. The molecule has 0 unspecified atom stereocenters. The first kappa shape index (κ1) is 18.0. The zero-order valence-corrected chi connectivity index (χ0v) is 14.6. The third-order valence-corrected chi connectivity index (χ3v) is 4.80. The summed E-state index contributed by atoms with van der Waals surface area (Å²) in [5, 5.41) is 9.64. The number of rotatable bonds is 9. The van der Waals surface area contributed by atoms with E-state index in [0.717, 1.165) is 44.9 Å². The maximum atomic E-state index is 11.8. The van der Waals surface area contributed by atoms with Gasteiger partial charge in [0.1, 0.15) is 6.54 Å². The van der Waals surface area contributed by atoms with Gasteiger partial charge in [-0.3, -0.25) is 4.79 Å². The minimum Gasteiger partial charge on any atom is -0.385 e. The summed E-state index contributed by atoms with van der Waals surface area (Å²) in [5.41, 5.74) is 0.308. The summed E-state index contributed by atoms with van der Waals surface area (Å²) in [6.45, 7) is 4.72. The van der Waals surface area contributed by atoms with E-state index in [1.807, 2.05) is 6.92 Å². The molecule has 0 aliphatic heterocycles. The monoisotopic (exact) mass is 324 g/mol. The predicted octanol–water partition coefficient (Wildman–Crippen LogP) is 1.42. The summed E-state index contributed by atoms with van der Waals surface area (Å²) in [5.74, 6) is 0.752. The van der Waals surface area contributed by atoms with Crippen molar-refractivity contribution in [1.29, 1.82) is 0 Å². The molecule has 6 nitrogen and oxygen atoms in total. The molecule has 2 fully saturated rings. The highest BCUT2D eigenvalue weighted by molar-refractivity contribution is 5.85. The Morgan fingerprint density at radius 2 is 2.00 bits per heavy atom. The zero-order chi connectivity index (χ0) is 16.5. The lowest BCUT2D eigenvalue weighted by Crippen LogP contribution is -2.44. The Balaban J connectivity index is 1.82. The molecule has 0 saturated heterocycles. The van der Waals surface area contributed by atoms with E-state index in [2.05, 4.69) is 20.9 Å². The van der Waals surface area contributed by atoms with Crippen LogP contribution in [0.15, 0.2) is 4.99 Å². The molecular weight excluding hydrogens is 292 g/mol. The molecule has 0 spiro atoms. The standard InChI is InChI=1S/C17H32N4O2/c1-3-18-16(19-12-15(22)21-14-6-7-14)20-13-17(10-11-23-2)8-4-5-9-17/h14H,3-13H2,1-2H3,(H,21,22)(H2,18,19,20). The fourth-order valence-electron chi connectivity index (χ4n) is 3.22. The highest BCUT2D eigenvalue weighted by atomic mass is 16.5. The van der Waals surface area contributed by atoms with Gasteiger partial charge in [-0.2, -0.15) is 0 Å². The second kappa shape index (κ2) is 9.11. The average Bonchev–Trinajstić information content (AvgIpc) is 3.23. The average molecular weight is 324 g/mol. The first-order chi connectivity index (χ1) is 11.2. The molecular formula is C17H32N4O2.